The number of primary amides is 1. The number of nitrogens with zero attached hydrogens (tertiary/aromatic N) is 1. The van der Waals surface area contributed by atoms with E-state index in [0.29, 0.717) is 30.4 Å². The molecule has 3 heterocycles. The third-order valence-corrected chi connectivity index (χ3v) is 9.93. The molecule has 0 bridgehead atoms. The Morgan fingerprint density at radius 1 is 1.13 bits per heavy atom. The highest BCUT2D eigenvalue weighted by molar-refractivity contribution is 6.37. The molecule has 47 heavy (non-hydrogen) atoms. The third kappa shape index (κ3) is 8.33. The van der Waals surface area contributed by atoms with Crippen LogP contribution in [-0.4, -0.2) is 77.8 Å². The van der Waals surface area contributed by atoms with Gasteiger partial charge in [-0.1, -0.05) is 64.3 Å². The van der Waals surface area contributed by atoms with E-state index in [1.807, 2.05) is 39.8 Å². The molecule has 4 atom stereocenters. The molecule has 12 nitrogen and oxygen atoms in total. The van der Waals surface area contributed by atoms with Gasteiger partial charge in [-0.05, 0) is 54.2 Å². The topological polar surface area (TPSA) is 169 Å². The SMILES string of the molecule is CC1(CC(=O)N[C@H](C(=O)N2C[C@@]3(C=C(c4cccc(Cl)c4)NO3)C[C@H]2C(=O)N[C@@H](CC2CC2)C(=O)C(N)=O)C(C)(C)C)CCOCC1. The molecule has 4 aliphatic rings. The van der Waals surface area contributed by atoms with Crippen LogP contribution in [0.2, 0.25) is 5.02 Å². The van der Waals surface area contributed by atoms with Crippen molar-refractivity contribution in [2.75, 3.05) is 19.8 Å². The highest BCUT2D eigenvalue weighted by Crippen LogP contribution is 2.40. The molecule has 256 valence electrons. The number of nitrogens with one attached hydrogen (secondary N) is 3. The van der Waals surface area contributed by atoms with Crippen molar-refractivity contribution in [3.8, 4) is 0 Å². The molecule has 4 amide bonds. The average molecular weight is 672 g/mol. The summed E-state index contributed by atoms with van der Waals surface area (Å²) in [5, 5.41) is 6.26. The van der Waals surface area contributed by atoms with Gasteiger partial charge in [0, 0.05) is 36.6 Å². The van der Waals surface area contributed by atoms with Crippen molar-refractivity contribution < 1.29 is 33.5 Å². The monoisotopic (exact) mass is 671 g/mol. The number of amides is 4. The number of carbonyl (C=O) groups excluding carboxylic acids is 5. The van der Waals surface area contributed by atoms with Crippen LogP contribution in [0.3, 0.4) is 0 Å². The molecule has 1 spiro atoms. The number of Topliss-reactive ketones (excluding diaryl/α,β-unsaturated/α-hetero) is 1. The molecule has 1 aromatic carbocycles. The van der Waals surface area contributed by atoms with Gasteiger partial charge in [-0.15, -0.1) is 0 Å². The molecular formula is C34H46ClN5O7. The predicted molar refractivity (Wildman–Crippen MR) is 174 cm³/mol. The fourth-order valence-electron chi connectivity index (χ4n) is 6.63. The normalized spacial score (nSPS) is 25.0. The molecule has 2 saturated heterocycles. The summed E-state index contributed by atoms with van der Waals surface area (Å²) >= 11 is 6.23. The Morgan fingerprint density at radius 3 is 2.45 bits per heavy atom. The second-order valence-corrected chi connectivity index (χ2v) is 15.4. The van der Waals surface area contributed by atoms with Crippen LogP contribution in [-0.2, 0) is 33.5 Å². The molecule has 3 aliphatic heterocycles. The summed E-state index contributed by atoms with van der Waals surface area (Å²) in [6.07, 6.45) is 5.69. The predicted octanol–water partition coefficient (Wildman–Crippen LogP) is 2.63. The Balaban J connectivity index is 1.43. The van der Waals surface area contributed by atoms with Crippen LogP contribution in [0.25, 0.3) is 5.70 Å². The lowest BCUT2D eigenvalue weighted by Gasteiger charge is -2.37. The zero-order chi connectivity index (χ0) is 34.1. The number of carbonyl (C=O) groups is 5. The maximum atomic E-state index is 14.5. The van der Waals surface area contributed by atoms with Gasteiger partial charge in [-0.25, -0.2) is 0 Å². The second-order valence-electron chi connectivity index (χ2n) is 15.0. The quantitative estimate of drug-likeness (QED) is 0.260. The average Bonchev–Trinajstić information content (AvgIpc) is 3.60. The minimum atomic E-state index is -1.13. The first kappa shape index (κ1) is 34.8. The standard InChI is InChI=1S/C34H46ClN5O7/c1-32(2,3)28(38-26(41)18-33(4)10-12-46-13-11-33)31(45)40-19-34(16-24(39-47-34)21-6-5-7-22(35)15-21)17-25(40)30(44)37-23(14-20-8-9-20)27(42)29(36)43/h5-7,15-16,20,23,25,28,39H,8-14,17-19H2,1-4H3,(H2,36,43)(H,37,44)(H,38,41)/t23-,25-,28+,34+/m0/s1. The number of benzene rings is 1. The molecule has 0 unspecified atom stereocenters. The van der Waals surface area contributed by atoms with E-state index in [1.165, 1.54) is 4.90 Å². The van der Waals surface area contributed by atoms with E-state index in [4.69, 9.17) is 26.9 Å². The van der Waals surface area contributed by atoms with E-state index in [0.717, 1.165) is 31.2 Å². The fourth-order valence-corrected chi connectivity index (χ4v) is 6.83. The summed E-state index contributed by atoms with van der Waals surface area (Å²) in [4.78, 5) is 74.1. The number of hydrogen-bond acceptors (Lipinski definition) is 8. The van der Waals surface area contributed by atoms with E-state index in [9.17, 15) is 24.0 Å². The molecule has 1 saturated carbocycles. The number of rotatable bonds is 11. The molecular weight excluding hydrogens is 626 g/mol. The van der Waals surface area contributed by atoms with Gasteiger partial charge in [-0.3, -0.25) is 34.3 Å². The maximum Gasteiger partial charge on any atom is 0.287 e. The molecule has 13 heteroatoms. The first-order chi connectivity index (χ1) is 22.1. The van der Waals surface area contributed by atoms with Gasteiger partial charge >= 0.3 is 0 Å². The summed E-state index contributed by atoms with van der Waals surface area (Å²) in [5.41, 5.74) is 7.59. The second kappa shape index (κ2) is 13.6. The van der Waals surface area contributed by atoms with E-state index >= 15 is 0 Å². The number of ether oxygens (including phenoxy) is 1. The van der Waals surface area contributed by atoms with Crippen LogP contribution in [0.5, 0.6) is 0 Å². The fraction of sp³-hybridized carbons (Fsp3) is 0.618. The maximum absolute atomic E-state index is 14.5. The Bertz CT molecular complexity index is 1450. The summed E-state index contributed by atoms with van der Waals surface area (Å²) in [6.45, 7) is 8.77. The lowest BCUT2D eigenvalue weighted by atomic mass is 9.78. The Labute approximate surface area is 280 Å². The molecule has 0 radical (unpaired) electrons. The zero-order valence-corrected chi connectivity index (χ0v) is 28.3. The minimum absolute atomic E-state index is 0.00442. The minimum Gasteiger partial charge on any atom is -0.381 e. The van der Waals surface area contributed by atoms with E-state index in [2.05, 4.69) is 16.1 Å². The van der Waals surface area contributed by atoms with Gasteiger partial charge in [0.1, 0.15) is 17.7 Å². The first-order valence-corrected chi connectivity index (χ1v) is 16.7. The molecule has 5 N–H and O–H groups in total. The molecule has 3 fully saturated rings. The number of hydroxylamine groups is 1. The molecule has 0 aromatic heterocycles. The molecule has 1 aromatic rings. The Hall–Kier alpha value is -3.48. The number of hydrogen-bond donors (Lipinski definition) is 4. The van der Waals surface area contributed by atoms with Gasteiger partial charge in [-0.2, -0.15) is 0 Å². The van der Waals surface area contributed by atoms with Crippen LogP contribution in [0.15, 0.2) is 30.3 Å². The molecule has 5 rings (SSSR count). The Kier molecular flexibility index (Phi) is 10.1. The van der Waals surface area contributed by atoms with Crippen molar-refractivity contribution in [3.63, 3.8) is 0 Å². The van der Waals surface area contributed by atoms with E-state index in [1.54, 1.807) is 18.2 Å². The van der Waals surface area contributed by atoms with Gasteiger partial charge in [0.2, 0.25) is 23.5 Å². The van der Waals surface area contributed by atoms with Crippen LogP contribution in [0.4, 0.5) is 0 Å². The summed E-state index contributed by atoms with van der Waals surface area (Å²) in [7, 11) is 0. The van der Waals surface area contributed by atoms with Gasteiger partial charge in [0.15, 0.2) is 0 Å². The number of halogens is 1. The van der Waals surface area contributed by atoms with Gasteiger partial charge in [0.25, 0.3) is 5.91 Å². The summed E-state index contributed by atoms with van der Waals surface area (Å²) in [5.74, 6) is -3.10. The highest BCUT2D eigenvalue weighted by Gasteiger charge is 2.54. The van der Waals surface area contributed by atoms with Crippen LogP contribution in [0.1, 0.15) is 78.2 Å². The number of ketones is 1. The van der Waals surface area contributed by atoms with Crippen molar-refractivity contribution in [2.24, 2.45) is 22.5 Å². The molecule has 1 aliphatic carbocycles. The van der Waals surface area contributed by atoms with Gasteiger partial charge < -0.3 is 26.0 Å². The Morgan fingerprint density at radius 2 is 1.83 bits per heavy atom. The first-order valence-electron chi connectivity index (χ1n) is 16.3. The van der Waals surface area contributed by atoms with Crippen molar-refractivity contribution in [1.82, 2.24) is 21.0 Å². The smallest absolute Gasteiger partial charge is 0.287 e. The zero-order valence-electron chi connectivity index (χ0n) is 27.5. The van der Waals surface area contributed by atoms with Gasteiger partial charge in [0.05, 0.1) is 18.3 Å². The van der Waals surface area contributed by atoms with Crippen molar-refractivity contribution in [3.05, 3.63) is 40.9 Å². The summed E-state index contributed by atoms with van der Waals surface area (Å²) in [6, 6.07) is 4.05. The number of nitrogens with two attached hydrogens (primary N) is 1. The van der Waals surface area contributed by atoms with Crippen LogP contribution in [0, 0.1) is 16.7 Å². The van der Waals surface area contributed by atoms with E-state index < -0.39 is 52.6 Å². The van der Waals surface area contributed by atoms with Crippen molar-refractivity contribution >= 4 is 46.7 Å². The van der Waals surface area contributed by atoms with Crippen molar-refractivity contribution in [1.29, 1.82) is 0 Å². The number of likely N-dealkylation sites (tertiary alicyclic amines) is 1. The van der Waals surface area contributed by atoms with Crippen LogP contribution < -0.4 is 21.8 Å². The largest absolute Gasteiger partial charge is 0.381 e. The van der Waals surface area contributed by atoms with Crippen LogP contribution >= 0.6 is 11.6 Å². The third-order valence-electron chi connectivity index (χ3n) is 9.69. The lowest BCUT2D eigenvalue weighted by molar-refractivity contribution is -0.145. The highest BCUT2D eigenvalue weighted by atomic mass is 35.5. The lowest BCUT2D eigenvalue weighted by Crippen LogP contribution is -2.59. The summed E-state index contributed by atoms with van der Waals surface area (Å²) < 4.78 is 5.48. The van der Waals surface area contributed by atoms with Crippen molar-refractivity contribution in [2.45, 2.75) is 96.4 Å². The van der Waals surface area contributed by atoms with E-state index in [-0.39, 0.29) is 36.6 Å².